The van der Waals surface area contributed by atoms with Gasteiger partial charge in [-0.1, -0.05) is 20.8 Å². The molecule has 0 amide bonds. The maximum atomic E-state index is 11.9. The van der Waals surface area contributed by atoms with Crippen molar-refractivity contribution in [3.05, 3.63) is 32.6 Å². The third-order valence-electron chi connectivity index (χ3n) is 4.61. The Labute approximate surface area is 117 Å². The number of aliphatic hydroxyl groups is 1. The second-order valence-electron chi connectivity index (χ2n) is 5.54. The molecule has 0 radical (unpaired) electrons. The van der Waals surface area contributed by atoms with Gasteiger partial charge in [0.05, 0.1) is 5.60 Å². The topological polar surface area (TPSA) is 84.3 Å². The number of hydrogen-bond acceptors (Lipinski definition) is 4. The summed E-state index contributed by atoms with van der Waals surface area (Å²) in [6.07, 6.45) is 1.43. The van der Waals surface area contributed by atoms with Gasteiger partial charge in [0.15, 0.2) is 6.23 Å². The van der Waals surface area contributed by atoms with Gasteiger partial charge in [-0.2, -0.15) is 0 Å². The third kappa shape index (κ3) is 2.13. The molecule has 0 unspecified atom stereocenters. The van der Waals surface area contributed by atoms with Crippen LogP contribution in [0.1, 0.15) is 45.4 Å². The number of aryl methyl sites for hydroxylation is 1. The maximum Gasteiger partial charge on any atom is 0.330 e. The average molecular weight is 282 g/mol. The first-order valence-corrected chi connectivity index (χ1v) is 7.04. The first-order chi connectivity index (χ1) is 9.36. The number of aliphatic hydroxyl groups excluding tert-OH is 1. The molecule has 2 heterocycles. The lowest BCUT2D eigenvalue weighted by Gasteiger charge is -2.30. The fraction of sp³-hybridized carbons (Fsp3) is 0.714. The van der Waals surface area contributed by atoms with Crippen LogP contribution in [-0.2, 0) is 4.74 Å². The van der Waals surface area contributed by atoms with Crippen molar-refractivity contribution in [2.45, 2.75) is 58.5 Å². The Morgan fingerprint density at radius 3 is 2.50 bits per heavy atom. The van der Waals surface area contributed by atoms with Gasteiger partial charge in [0, 0.05) is 17.7 Å². The van der Waals surface area contributed by atoms with Gasteiger partial charge < -0.3 is 9.84 Å². The molecule has 6 nitrogen and oxygen atoms in total. The highest BCUT2D eigenvalue weighted by molar-refractivity contribution is 5.04. The lowest BCUT2D eigenvalue weighted by atomic mass is 9.83. The number of nitrogens with zero attached hydrogens (tertiary/aromatic N) is 1. The summed E-state index contributed by atoms with van der Waals surface area (Å²) in [5.41, 5.74) is -0.990. The average Bonchev–Trinajstić information content (AvgIpc) is 2.68. The molecule has 1 saturated heterocycles. The minimum atomic E-state index is -0.780. The molecule has 112 valence electrons. The summed E-state index contributed by atoms with van der Waals surface area (Å²) >= 11 is 0. The number of nitrogens with one attached hydrogen (secondary N) is 1. The molecule has 0 aromatic carbocycles. The highest BCUT2D eigenvalue weighted by atomic mass is 16.5. The maximum absolute atomic E-state index is 11.9. The van der Waals surface area contributed by atoms with E-state index in [1.807, 2.05) is 20.8 Å². The Kier molecular flexibility index (Phi) is 3.88. The van der Waals surface area contributed by atoms with Crippen LogP contribution in [0.25, 0.3) is 0 Å². The molecule has 1 aliphatic rings. The van der Waals surface area contributed by atoms with Crippen molar-refractivity contribution < 1.29 is 9.84 Å². The molecule has 0 saturated carbocycles. The summed E-state index contributed by atoms with van der Waals surface area (Å²) in [6.45, 7) is 7.57. The van der Waals surface area contributed by atoms with E-state index in [-0.39, 0.29) is 5.92 Å². The Hall–Kier alpha value is -1.40. The van der Waals surface area contributed by atoms with Gasteiger partial charge in [-0.05, 0) is 19.8 Å². The Morgan fingerprint density at radius 2 is 2.00 bits per heavy atom. The fourth-order valence-corrected chi connectivity index (χ4v) is 3.03. The van der Waals surface area contributed by atoms with Crippen LogP contribution in [0.15, 0.2) is 15.8 Å². The zero-order valence-corrected chi connectivity index (χ0v) is 12.3. The van der Waals surface area contributed by atoms with Crippen LogP contribution in [0, 0.1) is 12.8 Å². The molecule has 1 aliphatic heterocycles. The summed E-state index contributed by atoms with van der Waals surface area (Å²) in [5.74, 6) is -0.0818. The predicted octanol–water partition coefficient (Wildman–Crippen LogP) is 0.930. The molecule has 2 rings (SSSR count). The van der Waals surface area contributed by atoms with Gasteiger partial charge >= 0.3 is 5.69 Å². The summed E-state index contributed by atoms with van der Waals surface area (Å²) < 4.78 is 7.31. The zero-order chi connectivity index (χ0) is 15.1. The molecule has 2 N–H and O–H groups in total. The Bertz CT molecular complexity index is 600. The number of rotatable bonds is 3. The van der Waals surface area contributed by atoms with Crippen molar-refractivity contribution in [1.29, 1.82) is 0 Å². The minimum Gasteiger partial charge on any atom is -0.388 e. The molecule has 1 aromatic heterocycles. The normalized spacial score (nSPS) is 28.8. The molecular weight excluding hydrogens is 260 g/mol. The van der Waals surface area contributed by atoms with E-state index in [1.165, 1.54) is 10.8 Å². The lowest BCUT2D eigenvalue weighted by molar-refractivity contribution is -0.0981. The number of aromatic nitrogens is 2. The van der Waals surface area contributed by atoms with E-state index in [1.54, 1.807) is 6.92 Å². The van der Waals surface area contributed by atoms with Crippen molar-refractivity contribution >= 4 is 0 Å². The SMILES string of the molecule is CCC1(CC)O[C@@H](n2cc(C)c(=O)[nH]c2=O)[C@@H](O)[C@@H]1C. The second-order valence-corrected chi connectivity index (χ2v) is 5.54. The van der Waals surface area contributed by atoms with E-state index in [0.717, 1.165) is 12.8 Å². The van der Waals surface area contributed by atoms with Gasteiger partial charge in [0.25, 0.3) is 5.56 Å². The van der Waals surface area contributed by atoms with Gasteiger partial charge in [-0.15, -0.1) is 0 Å². The summed E-state index contributed by atoms with van der Waals surface area (Å²) in [4.78, 5) is 25.6. The standard InChI is InChI=1S/C14H22N2O4/c1-5-14(6-2)9(4)10(17)12(20-14)16-7-8(3)11(18)15-13(16)19/h7,9-10,12,17H,5-6H2,1-4H3,(H,15,18,19)/t9-,10-,12+/m0/s1. The first-order valence-electron chi connectivity index (χ1n) is 7.04. The highest BCUT2D eigenvalue weighted by Crippen LogP contribution is 2.44. The van der Waals surface area contributed by atoms with Gasteiger partial charge in [0.2, 0.25) is 0 Å². The van der Waals surface area contributed by atoms with E-state index in [0.29, 0.717) is 5.56 Å². The van der Waals surface area contributed by atoms with E-state index in [4.69, 9.17) is 4.74 Å². The Balaban J connectivity index is 2.47. The largest absolute Gasteiger partial charge is 0.388 e. The van der Waals surface area contributed by atoms with Crippen molar-refractivity contribution in [2.75, 3.05) is 0 Å². The van der Waals surface area contributed by atoms with Crippen LogP contribution in [0.2, 0.25) is 0 Å². The Morgan fingerprint density at radius 1 is 1.40 bits per heavy atom. The second kappa shape index (κ2) is 5.18. The monoisotopic (exact) mass is 282 g/mol. The first kappa shape index (κ1) is 15.0. The van der Waals surface area contributed by atoms with Crippen molar-refractivity contribution in [2.24, 2.45) is 5.92 Å². The molecule has 3 atom stereocenters. The van der Waals surface area contributed by atoms with Crippen LogP contribution >= 0.6 is 0 Å². The molecule has 20 heavy (non-hydrogen) atoms. The van der Waals surface area contributed by atoms with Gasteiger partial charge in [-0.3, -0.25) is 14.3 Å². The van der Waals surface area contributed by atoms with E-state index in [2.05, 4.69) is 4.98 Å². The fourth-order valence-electron chi connectivity index (χ4n) is 3.03. The zero-order valence-electron chi connectivity index (χ0n) is 12.3. The van der Waals surface area contributed by atoms with Crippen LogP contribution in [0.3, 0.4) is 0 Å². The summed E-state index contributed by atoms with van der Waals surface area (Å²) in [5, 5.41) is 10.4. The van der Waals surface area contributed by atoms with E-state index in [9.17, 15) is 14.7 Å². The number of H-pyrrole nitrogens is 1. The van der Waals surface area contributed by atoms with Crippen LogP contribution < -0.4 is 11.2 Å². The number of aromatic amines is 1. The highest BCUT2D eigenvalue weighted by Gasteiger charge is 2.50. The van der Waals surface area contributed by atoms with Crippen molar-refractivity contribution in [1.82, 2.24) is 9.55 Å². The van der Waals surface area contributed by atoms with Crippen LogP contribution in [0.4, 0.5) is 0 Å². The summed E-state index contributed by atoms with van der Waals surface area (Å²) in [7, 11) is 0. The molecular formula is C14H22N2O4. The smallest absolute Gasteiger partial charge is 0.330 e. The molecule has 0 bridgehead atoms. The molecule has 0 aliphatic carbocycles. The number of ether oxygens (including phenoxy) is 1. The number of hydrogen-bond donors (Lipinski definition) is 2. The molecule has 6 heteroatoms. The predicted molar refractivity (Wildman–Crippen MR) is 74.7 cm³/mol. The third-order valence-corrected chi connectivity index (χ3v) is 4.61. The van der Waals surface area contributed by atoms with Crippen LogP contribution in [0.5, 0.6) is 0 Å². The van der Waals surface area contributed by atoms with Crippen molar-refractivity contribution in [3.63, 3.8) is 0 Å². The van der Waals surface area contributed by atoms with Crippen LogP contribution in [-0.4, -0.2) is 26.4 Å². The molecule has 1 aromatic rings. The van der Waals surface area contributed by atoms with Gasteiger partial charge in [0.1, 0.15) is 6.10 Å². The molecule has 1 fully saturated rings. The van der Waals surface area contributed by atoms with Gasteiger partial charge in [-0.25, -0.2) is 4.79 Å². The van der Waals surface area contributed by atoms with E-state index < -0.39 is 29.2 Å². The minimum absolute atomic E-state index is 0.0818. The van der Waals surface area contributed by atoms with Crippen molar-refractivity contribution in [3.8, 4) is 0 Å². The lowest BCUT2D eigenvalue weighted by Crippen LogP contribution is -2.37. The molecule has 0 spiro atoms. The van der Waals surface area contributed by atoms with E-state index >= 15 is 0 Å². The summed E-state index contributed by atoms with van der Waals surface area (Å²) in [6, 6.07) is 0. The quantitative estimate of drug-likeness (QED) is 0.863.